The van der Waals surface area contributed by atoms with Gasteiger partial charge in [0, 0.05) is 32.3 Å². The van der Waals surface area contributed by atoms with Crippen molar-refractivity contribution in [2.75, 3.05) is 33.4 Å². The Labute approximate surface area is 209 Å². The molecule has 0 bridgehead atoms. The molecule has 0 radical (unpaired) electrons. The highest BCUT2D eigenvalue weighted by atomic mass is 32.2. The van der Waals surface area contributed by atoms with Crippen LogP contribution in [0.1, 0.15) is 37.0 Å². The van der Waals surface area contributed by atoms with E-state index in [0.29, 0.717) is 49.1 Å². The van der Waals surface area contributed by atoms with Crippen molar-refractivity contribution in [3.8, 4) is 5.75 Å². The molecule has 188 valence electrons. The lowest BCUT2D eigenvalue weighted by molar-refractivity contribution is 0.0997. The van der Waals surface area contributed by atoms with Gasteiger partial charge in [0.1, 0.15) is 5.75 Å². The fourth-order valence-corrected chi connectivity index (χ4v) is 6.64. The maximum absolute atomic E-state index is 13.0. The van der Waals surface area contributed by atoms with E-state index in [1.54, 1.807) is 7.11 Å². The summed E-state index contributed by atoms with van der Waals surface area (Å²) >= 11 is 1.40. The molecule has 0 atom stereocenters. The summed E-state index contributed by atoms with van der Waals surface area (Å²) in [6, 6.07) is 11.9. The van der Waals surface area contributed by atoms with E-state index in [2.05, 4.69) is 11.9 Å². The van der Waals surface area contributed by atoms with Crippen LogP contribution in [-0.2, 0) is 21.3 Å². The molecule has 1 aliphatic heterocycles. The third kappa shape index (κ3) is 5.66. The average molecular weight is 518 g/mol. The van der Waals surface area contributed by atoms with Gasteiger partial charge in [0.2, 0.25) is 10.0 Å². The predicted molar refractivity (Wildman–Crippen MR) is 136 cm³/mol. The number of sulfonamides is 1. The van der Waals surface area contributed by atoms with Crippen LogP contribution in [0.5, 0.6) is 5.75 Å². The number of carbonyl (C=O) groups excluding carboxylic acids is 1. The minimum Gasteiger partial charge on any atom is -0.494 e. The van der Waals surface area contributed by atoms with E-state index in [9.17, 15) is 13.2 Å². The van der Waals surface area contributed by atoms with Crippen molar-refractivity contribution in [1.29, 1.82) is 0 Å². The van der Waals surface area contributed by atoms with Crippen LogP contribution in [0.25, 0.3) is 10.2 Å². The number of hydrogen-bond acceptors (Lipinski definition) is 6. The van der Waals surface area contributed by atoms with E-state index in [1.807, 2.05) is 29.7 Å². The highest BCUT2D eigenvalue weighted by Gasteiger charge is 2.28. The van der Waals surface area contributed by atoms with Crippen molar-refractivity contribution in [3.05, 3.63) is 52.8 Å². The molecule has 8 nitrogen and oxygen atoms in total. The largest absolute Gasteiger partial charge is 0.494 e. The van der Waals surface area contributed by atoms with Crippen molar-refractivity contribution in [1.82, 2.24) is 8.87 Å². The molecule has 10 heteroatoms. The third-order valence-electron chi connectivity index (χ3n) is 6.16. The normalized spacial score (nSPS) is 16.1. The van der Waals surface area contributed by atoms with E-state index < -0.39 is 15.9 Å². The van der Waals surface area contributed by atoms with Crippen molar-refractivity contribution in [2.24, 2.45) is 10.9 Å². The summed E-state index contributed by atoms with van der Waals surface area (Å²) in [6.07, 6.45) is 1.72. The monoisotopic (exact) mass is 517 g/mol. The van der Waals surface area contributed by atoms with Crippen molar-refractivity contribution in [2.45, 2.75) is 38.1 Å². The third-order valence-corrected chi connectivity index (χ3v) is 9.12. The fraction of sp³-hybridized carbons (Fsp3) is 0.440. The summed E-state index contributed by atoms with van der Waals surface area (Å²) in [5, 5.41) is 0. The van der Waals surface area contributed by atoms with Gasteiger partial charge < -0.3 is 14.0 Å². The number of nitrogens with zero attached hydrogens (tertiary/aromatic N) is 3. The number of thiazole rings is 1. The van der Waals surface area contributed by atoms with E-state index in [0.717, 1.165) is 28.8 Å². The van der Waals surface area contributed by atoms with Crippen LogP contribution >= 0.6 is 11.3 Å². The molecule has 2 heterocycles. The number of aromatic nitrogens is 1. The fourth-order valence-electron chi connectivity index (χ4n) is 4.09. The van der Waals surface area contributed by atoms with Crippen LogP contribution in [0.3, 0.4) is 0 Å². The maximum Gasteiger partial charge on any atom is 0.279 e. The highest BCUT2D eigenvalue weighted by molar-refractivity contribution is 7.89. The van der Waals surface area contributed by atoms with Gasteiger partial charge >= 0.3 is 0 Å². The van der Waals surface area contributed by atoms with E-state index in [4.69, 9.17) is 9.47 Å². The Bertz CT molecular complexity index is 1350. The molecule has 35 heavy (non-hydrogen) atoms. The number of benzene rings is 2. The summed E-state index contributed by atoms with van der Waals surface area (Å²) in [4.78, 5) is 18.1. The topological polar surface area (TPSA) is 90.2 Å². The van der Waals surface area contributed by atoms with Gasteiger partial charge in [0.05, 0.1) is 28.3 Å². The number of piperidine rings is 1. The quantitative estimate of drug-likeness (QED) is 0.452. The molecular formula is C25H31N3O5S2. The average Bonchev–Trinajstić information content (AvgIpc) is 3.19. The maximum atomic E-state index is 13.0. The van der Waals surface area contributed by atoms with Crippen LogP contribution < -0.4 is 9.54 Å². The summed E-state index contributed by atoms with van der Waals surface area (Å²) in [5.41, 5.74) is 1.28. The molecule has 1 amide bonds. The van der Waals surface area contributed by atoms with Gasteiger partial charge in [-0.1, -0.05) is 18.3 Å². The van der Waals surface area contributed by atoms with Crippen LogP contribution in [0.15, 0.2) is 52.4 Å². The number of rotatable bonds is 8. The lowest BCUT2D eigenvalue weighted by Crippen LogP contribution is -2.37. The van der Waals surface area contributed by atoms with Gasteiger partial charge in [-0.15, -0.1) is 0 Å². The second kappa shape index (κ2) is 11.0. The molecule has 2 aromatic carbocycles. The van der Waals surface area contributed by atoms with Gasteiger partial charge in [-0.25, -0.2) is 8.42 Å². The zero-order chi connectivity index (χ0) is 25.0. The molecule has 0 aliphatic carbocycles. The predicted octanol–water partition coefficient (Wildman–Crippen LogP) is 3.91. The first-order valence-corrected chi connectivity index (χ1v) is 14.0. The second-order valence-electron chi connectivity index (χ2n) is 8.62. The molecule has 4 rings (SSSR count). The number of fused-ring (bicyclic) bond motifs is 1. The molecule has 0 spiro atoms. The number of ether oxygens (including phenoxy) is 2. The van der Waals surface area contributed by atoms with Crippen LogP contribution in [0.4, 0.5) is 0 Å². The number of methoxy groups -OCH3 is 1. The minimum atomic E-state index is -3.57. The van der Waals surface area contributed by atoms with Gasteiger partial charge in [-0.3, -0.25) is 4.79 Å². The van der Waals surface area contributed by atoms with Crippen LogP contribution in [-0.4, -0.2) is 56.6 Å². The van der Waals surface area contributed by atoms with Gasteiger partial charge in [-0.2, -0.15) is 9.30 Å². The molecule has 3 aromatic rings. The Morgan fingerprint density at radius 2 is 1.86 bits per heavy atom. The first kappa shape index (κ1) is 25.6. The summed E-state index contributed by atoms with van der Waals surface area (Å²) in [7, 11) is -1.94. The van der Waals surface area contributed by atoms with Crippen LogP contribution in [0, 0.1) is 5.92 Å². The number of carbonyl (C=O) groups is 1. The van der Waals surface area contributed by atoms with E-state index in [-0.39, 0.29) is 4.90 Å². The highest BCUT2D eigenvalue weighted by Crippen LogP contribution is 2.25. The molecule has 1 aliphatic rings. The second-order valence-corrected chi connectivity index (χ2v) is 11.6. The molecule has 1 saturated heterocycles. The van der Waals surface area contributed by atoms with Gasteiger partial charge in [0.15, 0.2) is 4.80 Å². The Kier molecular flexibility index (Phi) is 8.05. The van der Waals surface area contributed by atoms with E-state index in [1.165, 1.54) is 39.9 Å². The lowest BCUT2D eigenvalue weighted by atomic mass is 10.0. The van der Waals surface area contributed by atoms with Crippen molar-refractivity contribution >= 4 is 37.5 Å². The van der Waals surface area contributed by atoms with E-state index >= 15 is 0 Å². The molecule has 1 fully saturated rings. The smallest absolute Gasteiger partial charge is 0.279 e. The van der Waals surface area contributed by atoms with Crippen molar-refractivity contribution < 1.29 is 22.7 Å². The van der Waals surface area contributed by atoms with Crippen molar-refractivity contribution in [3.63, 3.8) is 0 Å². The summed E-state index contributed by atoms with van der Waals surface area (Å²) in [6.45, 7) is 6.71. The molecular weight excluding hydrogens is 486 g/mol. The minimum absolute atomic E-state index is 0.198. The van der Waals surface area contributed by atoms with Gasteiger partial charge in [0.25, 0.3) is 5.91 Å². The first-order valence-electron chi connectivity index (χ1n) is 11.8. The number of amides is 1. The SMILES string of the molecule is CCOc1ccc2c(c1)sc(=NC(=O)c1ccc(S(=O)(=O)N3CCC(C)CC3)cc1)n2CCOC. The Balaban J connectivity index is 1.62. The number of hydrogen-bond donors (Lipinski definition) is 0. The zero-order valence-electron chi connectivity index (χ0n) is 20.3. The standard InChI is InChI=1S/C25H31N3O5S2/c1-4-33-20-7-10-22-23(17-20)34-25(28(22)15-16-32-3)26-24(29)19-5-8-21(9-6-19)35(30,31)27-13-11-18(2)12-14-27/h5-10,17-18H,4,11-16H2,1-3H3. The molecule has 1 aromatic heterocycles. The molecule has 0 N–H and O–H groups in total. The lowest BCUT2D eigenvalue weighted by Gasteiger charge is -2.29. The first-order chi connectivity index (χ1) is 16.8. The Hall–Kier alpha value is -2.53. The van der Waals surface area contributed by atoms with Crippen LogP contribution in [0.2, 0.25) is 0 Å². The molecule has 0 saturated carbocycles. The Morgan fingerprint density at radius 1 is 1.14 bits per heavy atom. The summed E-state index contributed by atoms with van der Waals surface area (Å²) < 4.78 is 41.2. The zero-order valence-corrected chi connectivity index (χ0v) is 21.9. The summed E-state index contributed by atoms with van der Waals surface area (Å²) in [5.74, 6) is 0.871. The molecule has 0 unspecified atom stereocenters. The Morgan fingerprint density at radius 3 is 2.51 bits per heavy atom. The van der Waals surface area contributed by atoms with Gasteiger partial charge in [-0.05, 0) is 68.1 Å².